The summed E-state index contributed by atoms with van der Waals surface area (Å²) in [4.78, 5) is 41.7. The van der Waals surface area contributed by atoms with Gasteiger partial charge in [0.15, 0.2) is 16.7 Å². The molecule has 0 saturated carbocycles. The molecule has 0 saturated heterocycles. The van der Waals surface area contributed by atoms with E-state index in [9.17, 15) is 14.4 Å². The molecule has 0 aliphatic carbocycles. The highest BCUT2D eigenvalue weighted by atomic mass is 32.2. The van der Waals surface area contributed by atoms with Crippen molar-refractivity contribution in [3.8, 4) is 11.5 Å². The number of nitrogens with zero attached hydrogens (tertiary/aromatic N) is 1. The van der Waals surface area contributed by atoms with E-state index in [4.69, 9.17) is 9.47 Å². The fourth-order valence-corrected chi connectivity index (χ4v) is 3.16. The summed E-state index contributed by atoms with van der Waals surface area (Å²) in [5, 5.41) is 3.02. The Labute approximate surface area is 164 Å². The highest BCUT2D eigenvalue weighted by Crippen LogP contribution is 2.30. The van der Waals surface area contributed by atoms with Crippen LogP contribution in [-0.4, -0.2) is 54.0 Å². The molecule has 1 aliphatic rings. The van der Waals surface area contributed by atoms with Crippen molar-refractivity contribution >= 4 is 23.6 Å². The van der Waals surface area contributed by atoms with Gasteiger partial charge in [-0.05, 0) is 12.1 Å². The van der Waals surface area contributed by atoms with Gasteiger partial charge in [-0.15, -0.1) is 0 Å². The van der Waals surface area contributed by atoms with Gasteiger partial charge in [0.05, 0.1) is 31.5 Å². The Kier molecular flexibility index (Phi) is 6.53. The zero-order valence-electron chi connectivity index (χ0n) is 15.1. The maximum Gasteiger partial charge on any atom is 0.311 e. The summed E-state index contributed by atoms with van der Waals surface area (Å²) < 4.78 is 15.9. The van der Waals surface area contributed by atoms with E-state index in [0.29, 0.717) is 24.7 Å². The predicted octanol–water partition coefficient (Wildman–Crippen LogP) is 0.534. The molecule has 0 unspecified atom stereocenters. The van der Waals surface area contributed by atoms with Crippen molar-refractivity contribution in [3.05, 3.63) is 46.4 Å². The van der Waals surface area contributed by atoms with Gasteiger partial charge in [0, 0.05) is 6.07 Å². The number of thioether (sulfide) groups is 1. The quantitative estimate of drug-likeness (QED) is 0.389. The maximum atomic E-state index is 12.1. The summed E-state index contributed by atoms with van der Waals surface area (Å²) >= 11 is 1.06. The lowest BCUT2D eigenvalue weighted by Gasteiger charge is -2.26. The molecule has 2 N–H and O–H groups in total. The zero-order valence-corrected chi connectivity index (χ0v) is 15.9. The average molecular weight is 405 g/mol. The van der Waals surface area contributed by atoms with Gasteiger partial charge in [0.2, 0.25) is 5.91 Å². The number of hydrogen-bond acceptors (Lipinski definition) is 8. The van der Waals surface area contributed by atoms with Gasteiger partial charge in [-0.2, -0.15) is 0 Å². The fraction of sp³-hybridized carbons (Fsp3) is 0.333. The van der Waals surface area contributed by atoms with E-state index in [2.05, 4.69) is 20.0 Å². The van der Waals surface area contributed by atoms with Gasteiger partial charge < -0.3 is 24.5 Å². The van der Waals surface area contributed by atoms with Crippen LogP contribution < -0.4 is 20.3 Å². The summed E-state index contributed by atoms with van der Waals surface area (Å²) in [6.07, 6.45) is -0.397. The number of H-pyrrole nitrogens is 1. The summed E-state index contributed by atoms with van der Waals surface area (Å²) in [7, 11) is 1.26. The van der Waals surface area contributed by atoms with Crippen LogP contribution in [0.25, 0.3) is 0 Å². The molecule has 0 fully saturated rings. The van der Waals surface area contributed by atoms with Crippen LogP contribution in [0, 0.1) is 0 Å². The van der Waals surface area contributed by atoms with Crippen molar-refractivity contribution in [2.24, 2.45) is 0 Å². The SMILES string of the molecule is COC(=O)Cc1cc(=O)[nH]c(SCC(=O)NC[C@@H]2COc3ccccc3O2)n1. The van der Waals surface area contributed by atoms with Crippen LogP contribution in [0.1, 0.15) is 5.69 Å². The molecule has 0 radical (unpaired) electrons. The Balaban J connectivity index is 1.47. The van der Waals surface area contributed by atoms with Gasteiger partial charge in [-0.25, -0.2) is 4.98 Å². The first-order valence-electron chi connectivity index (χ1n) is 8.48. The van der Waals surface area contributed by atoms with Crippen LogP contribution in [0.4, 0.5) is 0 Å². The van der Waals surface area contributed by atoms with Gasteiger partial charge in [-0.1, -0.05) is 23.9 Å². The number of aromatic amines is 1. The topological polar surface area (TPSA) is 120 Å². The van der Waals surface area contributed by atoms with E-state index in [-0.39, 0.29) is 35.0 Å². The zero-order chi connectivity index (χ0) is 19.9. The van der Waals surface area contributed by atoms with Crippen molar-refractivity contribution in [1.82, 2.24) is 15.3 Å². The summed E-state index contributed by atoms with van der Waals surface area (Å²) in [6.45, 7) is 0.634. The molecule has 10 heteroatoms. The highest BCUT2D eigenvalue weighted by molar-refractivity contribution is 7.99. The van der Waals surface area contributed by atoms with Gasteiger partial charge in [0.1, 0.15) is 12.7 Å². The van der Waals surface area contributed by atoms with Crippen LogP contribution >= 0.6 is 11.8 Å². The Bertz CT molecular complexity index is 916. The van der Waals surface area contributed by atoms with E-state index in [1.54, 1.807) is 0 Å². The number of esters is 1. The Hall–Kier alpha value is -3.01. The first-order chi connectivity index (χ1) is 13.5. The number of nitrogens with one attached hydrogen (secondary N) is 2. The molecule has 2 aromatic rings. The van der Waals surface area contributed by atoms with E-state index in [1.165, 1.54) is 13.2 Å². The Morgan fingerprint density at radius 2 is 2.14 bits per heavy atom. The molecule has 2 heterocycles. The normalized spacial score (nSPS) is 15.0. The van der Waals surface area contributed by atoms with Crippen LogP contribution in [0.2, 0.25) is 0 Å². The second kappa shape index (κ2) is 9.27. The standard InChI is InChI=1S/C18H19N3O6S/c1-25-17(24)7-11-6-15(22)21-18(20-11)28-10-16(23)19-8-12-9-26-13-4-2-3-5-14(13)27-12/h2-6,12H,7-10H2,1H3,(H,19,23)(H,20,21,22)/t12-/m1/s1. The Morgan fingerprint density at radius 3 is 2.93 bits per heavy atom. The van der Waals surface area contributed by atoms with Gasteiger partial charge in [-0.3, -0.25) is 14.4 Å². The highest BCUT2D eigenvalue weighted by Gasteiger charge is 2.21. The van der Waals surface area contributed by atoms with E-state index in [0.717, 1.165) is 11.8 Å². The number of aromatic nitrogens is 2. The van der Waals surface area contributed by atoms with E-state index >= 15 is 0 Å². The minimum absolute atomic E-state index is 0.0504. The second-order valence-corrected chi connectivity index (χ2v) is 6.85. The van der Waals surface area contributed by atoms with Crippen molar-refractivity contribution < 1.29 is 23.8 Å². The number of ether oxygens (including phenoxy) is 3. The Morgan fingerprint density at radius 1 is 1.36 bits per heavy atom. The number of methoxy groups -OCH3 is 1. The number of carbonyl (C=O) groups excluding carboxylic acids is 2. The molecule has 28 heavy (non-hydrogen) atoms. The monoisotopic (exact) mass is 405 g/mol. The molecule has 1 aromatic carbocycles. The molecule has 0 spiro atoms. The molecule has 1 atom stereocenters. The van der Waals surface area contributed by atoms with Gasteiger partial charge in [0.25, 0.3) is 5.56 Å². The van der Waals surface area contributed by atoms with Crippen LogP contribution in [0.15, 0.2) is 40.3 Å². The third-order valence-electron chi connectivity index (χ3n) is 3.76. The van der Waals surface area contributed by atoms with Gasteiger partial charge >= 0.3 is 5.97 Å². The molecule has 0 bridgehead atoms. The van der Waals surface area contributed by atoms with Crippen LogP contribution in [-0.2, 0) is 20.7 Å². The van der Waals surface area contributed by atoms with Crippen molar-refractivity contribution in [2.45, 2.75) is 17.7 Å². The third kappa shape index (κ3) is 5.49. The molecular formula is C18H19N3O6S. The fourth-order valence-electron chi connectivity index (χ4n) is 2.44. The van der Waals surface area contributed by atoms with Crippen molar-refractivity contribution in [1.29, 1.82) is 0 Å². The summed E-state index contributed by atoms with van der Waals surface area (Å²) in [6, 6.07) is 8.56. The number of fused-ring (bicyclic) bond motifs is 1. The van der Waals surface area contributed by atoms with E-state index in [1.807, 2.05) is 24.3 Å². The first-order valence-corrected chi connectivity index (χ1v) is 9.47. The number of hydrogen-bond donors (Lipinski definition) is 2. The molecule has 1 aromatic heterocycles. The largest absolute Gasteiger partial charge is 0.486 e. The van der Waals surface area contributed by atoms with Crippen molar-refractivity contribution in [3.63, 3.8) is 0 Å². The molecule has 9 nitrogen and oxygen atoms in total. The lowest BCUT2D eigenvalue weighted by molar-refractivity contribution is -0.139. The van der Waals surface area contributed by atoms with Crippen LogP contribution in [0.3, 0.4) is 0 Å². The maximum absolute atomic E-state index is 12.1. The minimum Gasteiger partial charge on any atom is -0.486 e. The minimum atomic E-state index is -0.497. The lowest BCUT2D eigenvalue weighted by Crippen LogP contribution is -2.41. The summed E-state index contributed by atoms with van der Waals surface area (Å²) in [5.41, 5.74) is -0.117. The molecule has 1 amide bonds. The van der Waals surface area contributed by atoms with Crippen molar-refractivity contribution in [2.75, 3.05) is 26.0 Å². The molecular weight excluding hydrogens is 386 g/mol. The number of rotatable bonds is 7. The summed E-state index contributed by atoms with van der Waals surface area (Å²) in [5.74, 6) is 0.639. The smallest absolute Gasteiger partial charge is 0.311 e. The average Bonchev–Trinajstić information content (AvgIpc) is 2.70. The number of amides is 1. The molecule has 3 rings (SSSR count). The van der Waals surface area contributed by atoms with E-state index < -0.39 is 11.5 Å². The predicted molar refractivity (Wildman–Crippen MR) is 101 cm³/mol. The second-order valence-electron chi connectivity index (χ2n) is 5.89. The third-order valence-corrected chi connectivity index (χ3v) is 4.63. The lowest BCUT2D eigenvalue weighted by atomic mass is 10.2. The number of para-hydroxylation sites is 2. The first kappa shape index (κ1) is 19.7. The number of carbonyl (C=O) groups is 2. The number of benzene rings is 1. The van der Waals surface area contributed by atoms with Crippen LogP contribution in [0.5, 0.6) is 11.5 Å². The molecule has 148 valence electrons. The molecule has 1 aliphatic heterocycles.